The number of sulfonamides is 1. The van der Waals surface area contributed by atoms with Gasteiger partial charge in [-0.3, -0.25) is 14.5 Å². The second kappa shape index (κ2) is 16.4. The van der Waals surface area contributed by atoms with E-state index in [9.17, 15) is 32.7 Å². The molecule has 0 unspecified atom stereocenters. The number of carboxylic acids is 1. The minimum absolute atomic E-state index is 0.0584. The molecule has 0 bridgehead atoms. The number of benzene rings is 1. The summed E-state index contributed by atoms with van der Waals surface area (Å²) < 4.78 is 30.8. The van der Waals surface area contributed by atoms with Crippen LogP contribution in [0.15, 0.2) is 18.2 Å². The number of amides is 3. The maximum absolute atomic E-state index is 14.1. The quantitative estimate of drug-likeness (QED) is 0.298. The first-order chi connectivity index (χ1) is 22.6. The fraction of sp³-hybridized carbons (Fsp3) is 0.706. The first kappa shape index (κ1) is 37.6. The number of rotatable bonds is 12. The summed E-state index contributed by atoms with van der Waals surface area (Å²) in [5.74, 6) is -0.931. The molecule has 2 saturated heterocycles. The largest absolute Gasteiger partial charge is 0.478 e. The highest BCUT2D eigenvalue weighted by Gasteiger charge is 2.44. The van der Waals surface area contributed by atoms with Gasteiger partial charge < -0.3 is 25.4 Å². The molecular formula is C34H53N5O8S. The number of carboxylic acid groups (broad SMARTS) is 1. The van der Waals surface area contributed by atoms with Crippen molar-refractivity contribution in [2.24, 2.45) is 23.7 Å². The summed E-state index contributed by atoms with van der Waals surface area (Å²) in [4.78, 5) is 55.7. The highest BCUT2D eigenvalue weighted by Crippen LogP contribution is 2.34. The lowest BCUT2D eigenvalue weighted by Crippen LogP contribution is -2.52. The second-order valence-electron chi connectivity index (χ2n) is 14.4. The Balaban J connectivity index is 1.44. The first-order valence-electron chi connectivity index (χ1n) is 17.2. The number of nitrogens with one attached hydrogen (secondary N) is 2. The number of aromatic carboxylic acids is 1. The van der Waals surface area contributed by atoms with Crippen LogP contribution in [0.2, 0.25) is 0 Å². The summed E-state index contributed by atoms with van der Waals surface area (Å²) in [7, 11) is -3.30. The molecule has 2 atom stereocenters. The van der Waals surface area contributed by atoms with Gasteiger partial charge in [-0.25, -0.2) is 18.0 Å². The fourth-order valence-corrected chi connectivity index (χ4v) is 7.88. The molecule has 3 amide bonds. The number of hydrogen-bond donors (Lipinski definition) is 3. The van der Waals surface area contributed by atoms with Crippen LogP contribution in [-0.2, 0) is 30.8 Å². The Morgan fingerprint density at radius 3 is 2.23 bits per heavy atom. The van der Waals surface area contributed by atoms with E-state index < -0.39 is 28.1 Å². The molecule has 0 radical (unpaired) electrons. The molecule has 13 nitrogen and oxygen atoms in total. The monoisotopic (exact) mass is 691 g/mol. The molecule has 1 saturated carbocycles. The number of alkyl carbamates (subject to hydrolysis) is 1. The van der Waals surface area contributed by atoms with Crippen molar-refractivity contribution in [3.63, 3.8) is 0 Å². The van der Waals surface area contributed by atoms with Crippen LogP contribution in [0.5, 0.6) is 0 Å². The maximum atomic E-state index is 14.1. The van der Waals surface area contributed by atoms with Gasteiger partial charge in [-0.05, 0) is 80.0 Å². The van der Waals surface area contributed by atoms with Gasteiger partial charge in [-0.2, -0.15) is 4.31 Å². The Kier molecular flexibility index (Phi) is 12.9. The number of piperazine rings is 1. The van der Waals surface area contributed by atoms with Crippen LogP contribution in [0.1, 0.15) is 75.7 Å². The summed E-state index contributed by atoms with van der Waals surface area (Å²) in [6, 6.07) is 3.97. The maximum Gasteiger partial charge on any atom is 0.407 e. The molecule has 1 aliphatic carbocycles. The topological polar surface area (TPSA) is 166 Å². The Morgan fingerprint density at radius 2 is 1.65 bits per heavy atom. The van der Waals surface area contributed by atoms with Crippen molar-refractivity contribution in [3.8, 4) is 0 Å². The third-order valence-corrected chi connectivity index (χ3v) is 10.9. The summed E-state index contributed by atoms with van der Waals surface area (Å²) in [5.41, 5.74) is 1.32. The molecule has 1 aromatic carbocycles. The molecule has 1 aromatic rings. The highest BCUT2D eigenvalue weighted by molar-refractivity contribution is 7.88. The molecule has 0 spiro atoms. The third-order valence-electron chi connectivity index (χ3n) is 9.63. The van der Waals surface area contributed by atoms with E-state index in [4.69, 9.17) is 4.74 Å². The summed E-state index contributed by atoms with van der Waals surface area (Å²) in [6.07, 6.45) is 4.60. The molecule has 268 valence electrons. The molecule has 4 rings (SSSR count). The number of carbonyl (C=O) groups excluding carboxylic acids is 3. The Labute approximate surface area is 284 Å². The predicted molar refractivity (Wildman–Crippen MR) is 182 cm³/mol. The van der Waals surface area contributed by atoms with Crippen LogP contribution in [0.4, 0.5) is 10.5 Å². The van der Waals surface area contributed by atoms with Gasteiger partial charge in [-0.1, -0.05) is 27.7 Å². The van der Waals surface area contributed by atoms with E-state index >= 15 is 0 Å². The van der Waals surface area contributed by atoms with Gasteiger partial charge in [0.15, 0.2) is 0 Å². The molecule has 3 N–H and O–H groups in total. The Hall–Kier alpha value is -3.23. The normalized spacial score (nSPS) is 24.1. The highest BCUT2D eigenvalue weighted by atomic mass is 32.2. The Morgan fingerprint density at radius 1 is 0.979 bits per heavy atom. The number of likely N-dealkylation sites (tertiary alicyclic amines) is 1. The molecular weight excluding hydrogens is 638 g/mol. The zero-order valence-electron chi connectivity index (χ0n) is 28.9. The van der Waals surface area contributed by atoms with Crippen LogP contribution in [0.3, 0.4) is 0 Å². The lowest BCUT2D eigenvalue weighted by Gasteiger charge is -2.37. The second-order valence-corrected chi connectivity index (χ2v) is 16.4. The lowest BCUT2D eigenvalue weighted by molar-refractivity contribution is -0.141. The average molecular weight is 692 g/mol. The molecule has 48 heavy (non-hydrogen) atoms. The SMILES string of the molecule is CC(C)COC(=O)NCC1CCC(C(=O)N2C[C@@H](N3CCN(S(C)(=O)=O)CC3)C[C@H]2C(=O)Nc2ccc(C(=O)O)c(CC(C)C)c2)CC1. The van der Waals surface area contributed by atoms with Crippen molar-refractivity contribution >= 4 is 39.6 Å². The van der Waals surface area contributed by atoms with E-state index in [0.717, 1.165) is 12.8 Å². The van der Waals surface area contributed by atoms with Gasteiger partial charge in [0.05, 0.1) is 18.4 Å². The van der Waals surface area contributed by atoms with Crippen LogP contribution < -0.4 is 10.6 Å². The van der Waals surface area contributed by atoms with E-state index in [1.807, 2.05) is 27.7 Å². The zero-order chi connectivity index (χ0) is 35.2. The van der Waals surface area contributed by atoms with E-state index in [-0.39, 0.29) is 47.1 Å². The number of hydrogen-bond acceptors (Lipinski definition) is 8. The smallest absolute Gasteiger partial charge is 0.407 e. The van der Waals surface area contributed by atoms with E-state index in [1.165, 1.54) is 16.6 Å². The van der Waals surface area contributed by atoms with Gasteiger partial charge in [0, 0.05) is 56.9 Å². The summed E-state index contributed by atoms with van der Waals surface area (Å²) in [6.45, 7) is 10.9. The third kappa shape index (κ3) is 10.1. The van der Waals surface area contributed by atoms with Crippen molar-refractivity contribution in [1.29, 1.82) is 0 Å². The van der Waals surface area contributed by atoms with Crippen LogP contribution >= 0.6 is 0 Å². The standard InChI is InChI=1S/C34H53N5O8S/c1-22(2)16-26-17-27(10-11-29(26)33(42)43)36-31(40)30-18-28(37-12-14-38(15-13-37)48(5,45)46)20-39(30)32(41)25-8-6-24(7-9-25)19-35-34(44)47-21-23(3)4/h10-11,17,22-25,28,30H,6-9,12-16,18-21H2,1-5H3,(H,35,44)(H,36,40)(H,42,43)/t24?,25?,28-,30-/m0/s1. The average Bonchev–Trinajstić information content (AvgIpc) is 3.48. The number of nitrogens with zero attached hydrogens (tertiary/aromatic N) is 3. The minimum Gasteiger partial charge on any atom is -0.478 e. The van der Waals surface area contributed by atoms with Gasteiger partial charge in [-0.15, -0.1) is 0 Å². The van der Waals surface area contributed by atoms with Gasteiger partial charge in [0.1, 0.15) is 6.04 Å². The van der Waals surface area contributed by atoms with Gasteiger partial charge in [0.2, 0.25) is 21.8 Å². The first-order valence-corrected chi connectivity index (χ1v) is 19.0. The fourth-order valence-electron chi connectivity index (χ4n) is 7.05. The molecule has 14 heteroatoms. The molecule has 3 aliphatic rings. The van der Waals surface area contributed by atoms with Crippen molar-refractivity contribution < 1.29 is 37.4 Å². The summed E-state index contributed by atoms with van der Waals surface area (Å²) in [5, 5.41) is 15.5. The number of ether oxygens (including phenoxy) is 1. The lowest BCUT2D eigenvalue weighted by atomic mass is 9.81. The number of anilines is 1. The molecule has 0 aromatic heterocycles. The van der Waals surface area contributed by atoms with E-state index in [2.05, 4.69) is 15.5 Å². The van der Waals surface area contributed by atoms with Crippen molar-refractivity contribution in [2.75, 3.05) is 57.4 Å². The van der Waals surface area contributed by atoms with Gasteiger partial charge in [0.25, 0.3) is 0 Å². The summed E-state index contributed by atoms with van der Waals surface area (Å²) >= 11 is 0. The Bertz CT molecular complexity index is 1420. The zero-order valence-corrected chi connectivity index (χ0v) is 29.8. The van der Waals surface area contributed by atoms with Crippen molar-refractivity contribution in [3.05, 3.63) is 29.3 Å². The van der Waals surface area contributed by atoms with E-state index in [0.29, 0.717) is 82.8 Å². The van der Waals surface area contributed by atoms with E-state index in [1.54, 1.807) is 17.0 Å². The minimum atomic E-state index is -3.30. The molecule has 2 heterocycles. The van der Waals surface area contributed by atoms with Crippen LogP contribution in [-0.4, -0.2) is 116 Å². The van der Waals surface area contributed by atoms with Crippen LogP contribution in [0, 0.1) is 23.7 Å². The van der Waals surface area contributed by atoms with Crippen molar-refractivity contribution in [1.82, 2.24) is 19.4 Å². The number of carbonyl (C=O) groups is 4. The molecule has 3 fully saturated rings. The molecule has 2 aliphatic heterocycles. The van der Waals surface area contributed by atoms with Gasteiger partial charge >= 0.3 is 12.1 Å². The predicted octanol–water partition coefficient (Wildman–Crippen LogP) is 3.26. The van der Waals surface area contributed by atoms with Crippen molar-refractivity contribution in [2.45, 2.75) is 78.3 Å². The van der Waals surface area contributed by atoms with Crippen LogP contribution in [0.25, 0.3) is 0 Å².